The van der Waals surface area contributed by atoms with E-state index >= 15 is 0 Å². The molecule has 14 heavy (non-hydrogen) atoms. The molecule has 0 saturated carbocycles. The number of hydrogen-bond acceptors (Lipinski definition) is 8. The van der Waals surface area contributed by atoms with Gasteiger partial charge < -0.3 is 56.5 Å². The molecule has 0 N–H and O–H groups in total. The molecule has 64 valence electrons. The van der Waals surface area contributed by atoms with Gasteiger partial charge in [-0.25, -0.2) is 0 Å². The second kappa shape index (κ2) is 18.2. The van der Waals surface area contributed by atoms with E-state index in [2.05, 4.69) is 0 Å². The molecule has 0 aromatic carbocycles. The van der Waals surface area contributed by atoms with E-state index in [0.29, 0.717) is 0 Å². The summed E-state index contributed by atoms with van der Waals surface area (Å²) in [5.41, 5.74) is 0. The van der Waals surface area contributed by atoms with Gasteiger partial charge in [0.1, 0.15) is 0 Å². The number of rotatable bonds is 0. The van der Waals surface area contributed by atoms with Crippen LogP contribution in [0.15, 0.2) is 0 Å². The van der Waals surface area contributed by atoms with Crippen LogP contribution in [0.5, 0.6) is 0 Å². The maximum absolute atomic E-state index is 8.58. The van der Waals surface area contributed by atoms with E-state index in [9.17, 15) is 0 Å². The van der Waals surface area contributed by atoms with Crippen molar-refractivity contribution in [1.82, 2.24) is 0 Å². The molecule has 0 spiro atoms. The molecule has 0 fully saturated rings. The second-order valence-corrected chi connectivity index (χ2v) is 3.00. The predicted octanol–water partition coefficient (Wildman–Crippen LogP) is -11.8. The minimum atomic E-state index is -5.61. The van der Waals surface area contributed by atoms with Crippen molar-refractivity contribution in [3.8, 4) is 0 Å². The fraction of sp³-hybridized carbons (Fsp3) is 0. The third kappa shape index (κ3) is 169. The summed E-state index contributed by atoms with van der Waals surface area (Å²) in [5, 5.41) is 0. The zero-order chi connectivity index (χ0) is 9.00. The van der Waals surface area contributed by atoms with Gasteiger partial charge in [0, 0.05) is 0 Å². The zero-order valence-corrected chi connectivity index (χ0v) is 17.9. The van der Waals surface area contributed by atoms with E-state index in [4.69, 9.17) is 38.4 Å². The predicted molar refractivity (Wildman–Crippen MR) is 34.5 cm³/mol. The molecule has 0 radical (unpaired) electrons. The largest absolute Gasteiger partial charge is 2.00 e. The molecule has 0 aliphatic heterocycles. The monoisotopic (exact) mass is 344 g/mol. The normalized spacial score (nSPS) is 8.57. The van der Waals surface area contributed by atoms with E-state index in [1.807, 2.05) is 0 Å². The summed E-state index contributed by atoms with van der Waals surface area (Å²) >= 11 is 0. The smallest absolute Gasteiger partial charge is 0.894 e. The molecule has 0 rings (SSSR count). The van der Waals surface area contributed by atoms with Gasteiger partial charge in [-0.2, -0.15) is 0 Å². The maximum atomic E-state index is 8.58. The summed E-state index contributed by atoms with van der Waals surface area (Å²) in [4.78, 5) is 68.6. The molecule has 8 nitrogen and oxygen atoms in total. The summed E-state index contributed by atoms with van der Waals surface area (Å²) in [6.45, 7) is 0. The van der Waals surface area contributed by atoms with Gasteiger partial charge in [-0.15, -0.1) is 0 Å². The molecule has 0 heterocycles. The van der Waals surface area contributed by atoms with Crippen molar-refractivity contribution < 1.29 is 38.4 Å². The molecule has 0 aliphatic carbocycles. The average Bonchev–Trinajstić information content (AvgIpc) is 1.12. The van der Waals surface area contributed by atoms with Gasteiger partial charge in [-0.3, -0.25) is 0 Å². The SMILES string of the molecule is [Ca+2].[Ca+2].[Ca+2].[Ca+2].[O-][Si]([O-])([O-])[O-].[O-][Si]([O-])([O-])[O-]. The van der Waals surface area contributed by atoms with Gasteiger partial charge in [0.15, 0.2) is 0 Å². The minimum Gasteiger partial charge on any atom is -0.894 e. The van der Waals surface area contributed by atoms with Crippen LogP contribution < -0.4 is 38.4 Å². The molecule has 0 unspecified atom stereocenters. The van der Waals surface area contributed by atoms with Crippen LogP contribution in [-0.4, -0.2) is 169 Å². The Labute approximate surface area is 202 Å². The molecule has 0 aliphatic rings. The second-order valence-electron chi connectivity index (χ2n) is 1.00. The van der Waals surface area contributed by atoms with Gasteiger partial charge in [0.05, 0.1) is 0 Å². The van der Waals surface area contributed by atoms with Crippen LogP contribution in [0.3, 0.4) is 0 Å². The van der Waals surface area contributed by atoms with Crippen molar-refractivity contribution in [1.29, 1.82) is 0 Å². The van der Waals surface area contributed by atoms with E-state index in [0.717, 1.165) is 0 Å². The van der Waals surface area contributed by atoms with Crippen LogP contribution in [0.2, 0.25) is 0 Å². The van der Waals surface area contributed by atoms with E-state index in [1.54, 1.807) is 0 Å². The van der Waals surface area contributed by atoms with Crippen molar-refractivity contribution >= 4 is 169 Å². The van der Waals surface area contributed by atoms with Crippen molar-refractivity contribution in [3.63, 3.8) is 0 Å². The first-order valence-electron chi connectivity index (χ1n) is 1.63. The molecule has 0 bridgehead atoms. The van der Waals surface area contributed by atoms with Crippen molar-refractivity contribution in [3.05, 3.63) is 0 Å². The van der Waals surface area contributed by atoms with Crippen LogP contribution >= 0.6 is 0 Å². The molecular weight excluding hydrogens is 344 g/mol. The van der Waals surface area contributed by atoms with Gasteiger partial charge in [0.25, 0.3) is 0 Å². The number of hydrogen-bond donors (Lipinski definition) is 0. The van der Waals surface area contributed by atoms with E-state index < -0.39 is 18.1 Å². The Bertz CT molecular complexity index is 62.3. The Balaban J connectivity index is -0.0000000178. The Kier molecular flexibility index (Phi) is 47.3. The van der Waals surface area contributed by atoms with Crippen LogP contribution in [0.1, 0.15) is 0 Å². The summed E-state index contributed by atoms with van der Waals surface area (Å²) in [6.07, 6.45) is 0. The Hall–Kier alpha value is 5.15. The Morgan fingerprint density at radius 2 is 0.357 bits per heavy atom. The molecule has 0 aromatic heterocycles. The quantitative estimate of drug-likeness (QED) is 0.387. The third-order valence-corrected chi connectivity index (χ3v) is 0. The molecule has 0 saturated heterocycles. The van der Waals surface area contributed by atoms with Gasteiger partial charge in [0.2, 0.25) is 0 Å². The molecular formula is Ca4O8Si2. The molecule has 0 amide bonds. The van der Waals surface area contributed by atoms with Crippen molar-refractivity contribution in [2.45, 2.75) is 0 Å². The maximum Gasteiger partial charge on any atom is 2.00 e. The fourth-order valence-electron chi connectivity index (χ4n) is 0. The standard InChI is InChI=1S/4Ca.2O4Si/c;;;;2*1-5(2,3)4/q4*+2;2*-4. The fourth-order valence-corrected chi connectivity index (χ4v) is 0. The first-order valence-corrected chi connectivity index (χ1v) is 4.90. The first-order chi connectivity index (χ1) is 4.00. The summed E-state index contributed by atoms with van der Waals surface area (Å²) in [6, 6.07) is 0. The van der Waals surface area contributed by atoms with Crippen LogP contribution in [0.4, 0.5) is 0 Å². The first kappa shape index (κ1) is 36.5. The molecule has 0 aromatic rings. The average molecular weight is 344 g/mol. The van der Waals surface area contributed by atoms with Gasteiger partial charge in [-0.1, -0.05) is 0 Å². The van der Waals surface area contributed by atoms with Crippen molar-refractivity contribution in [2.75, 3.05) is 0 Å². The molecule has 14 heteroatoms. The topological polar surface area (TPSA) is 184 Å². The van der Waals surface area contributed by atoms with Crippen LogP contribution in [0.25, 0.3) is 0 Å². The van der Waals surface area contributed by atoms with Gasteiger partial charge >= 0.3 is 151 Å². The third-order valence-electron chi connectivity index (χ3n) is 0. The Morgan fingerprint density at radius 3 is 0.357 bits per heavy atom. The van der Waals surface area contributed by atoms with E-state index in [1.165, 1.54) is 0 Å². The summed E-state index contributed by atoms with van der Waals surface area (Å²) < 4.78 is 0. The minimum absolute atomic E-state index is 0. The van der Waals surface area contributed by atoms with Gasteiger partial charge in [-0.05, 0) is 0 Å². The summed E-state index contributed by atoms with van der Waals surface area (Å²) in [7, 11) is -11.2. The van der Waals surface area contributed by atoms with Crippen LogP contribution in [-0.2, 0) is 0 Å². The Morgan fingerprint density at radius 1 is 0.357 bits per heavy atom. The van der Waals surface area contributed by atoms with Crippen LogP contribution in [0, 0.1) is 0 Å². The summed E-state index contributed by atoms with van der Waals surface area (Å²) in [5.74, 6) is 0. The molecule has 0 atom stereocenters. The zero-order valence-electron chi connectivity index (χ0n) is 7.09. The van der Waals surface area contributed by atoms with Crippen molar-refractivity contribution in [2.24, 2.45) is 0 Å². The van der Waals surface area contributed by atoms with E-state index in [-0.39, 0.29) is 151 Å².